The van der Waals surface area contributed by atoms with Crippen molar-refractivity contribution in [2.24, 2.45) is 5.92 Å². The van der Waals surface area contributed by atoms with Gasteiger partial charge in [-0.25, -0.2) is 4.39 Å². The summed E-state index contributed by atoms with van der Waals surface area (Å²) in [7, 11) is 0. The van der Waals surface area contributed by atoms with E-state index in [1.54, 1.807) is 12.1 Å². The Kier molecular flexibility index (Phi) is 7.08. The van der Waals surface area contributed by atoms with Crippen LogP contribution in [0.4, 0.5) is 4.39 Å². The maximum atomic E-state index is 12.7. The zero-order valence-electron chi connectivity index (χ0n) is 11.6. The molecule has 6 heteroatoms. The third-order valence-electron chi connectivity index (χ3n) is 2.35. The van der Waals surface area contributed by atoms with Gasteiger partial charge in [-0.1, -0.05) is 26.0 Å². The molecule has 0 aliphatic rings. The largest absolute Gasteiger partial charge is 0.273 e. The molecule has 1 rings (SSSR count). The first-order chi connectivity index (χ1) is 9.47. The number of benzene rings is 1. The number of nitrogens with one attached hydrogen (secondary N) is 2. The lowest BCUT2D eigenvalue weighted by molar-refractivity contribution is -0.128. The molecule has 0 aliphatic carbocycles. The monoisotopic (exact) mass is 298 g/mol. The van der Waals surface area contributed by atoms with Gasteiger partial charge in [-0.3, -0.25) is 20.4 Å². The fraction of sp³-hybridized carbons (Fsp3) is 0.429. The summed E-state index contributed by atoms with van der Waals surface area (Å²) in [5, 5.41) is 0. The molecular formula is C14H19FN2O2S. The molecule has 0 saturated heterocycles. The molecule has 1 aromatic rings. The predicted molar refractivity (Wildman–Crippen MR) is 78.3 cm³/mol. The summed E-state index contributed by atoms with van der Waals surface area (Å²) in [5.74, 6) is 0.377. The maximum Gasteiger partial charge on any atom is 0.248 e. The average molecular weight is 298 g/mol. The van der Waals surface area contributed by atoms with Crippen molar-refractivity contribution in [2.75, 3.05) is 5.75 Å². The Balaban J connectivity index is 2.17. The summed E-state index contributed by atoms with van der Waals surface area (Å²) in [6.45, 7) is 3.86. The minimum Gasteiger partial charge on any atom is -0.273 e. The van der Waals surface area contributed by atoms with E-state index in [2.05, 4.69) is 10.9 Å². The second kappa shape index (κ2) is 8.58. The highest BCUT2D eigenvalue weighted by atomic mass is 32.2. The lowest BCUT2D eigenvalue weighted by Gasteiger charge is -2.08. The molecule has 0 fully saturated rings. The van der Waals surface area contributed by atoms with Crippen LogP contribution in [0.25, 0.3) is 0 Å². The zero-order valence-corrected chi connectivity index (χ0v) is 12.4. The van der Waals surface area contributed by atoms with Gasteiger partial charge in [-0.2, -0.15) is 0 Å². The first-order valence-corrected chi connectivity index (χ1v) is 7.52. The van der Waals surface area contributed by atoms with Gasteiger partial charge in [0.05, 0.1) is 5.75 Å². The van der Waals surface area contributed by atoms with Gasteiger partial charge in [0.25, 0.3) is 0 Å². The molecular weight excluding hydrogens is 279 g/mol. The van der Waals surface area contributed by atoms with Crippen LogP contribution in [0.2, 0.25) is 0 Å². The van der Waals surface area contributed by atoms with Crippen molar-refractivity contribution >= 4 is 23.6 Å². The van der Waals surface area contributed by atoms with E-state index in [0.29, 0.717) is 12.2 Å². The van der Waals surface area contributed by atoms with E-state index in [9.17, 15) is 14.0 Å². The summed E-state index contributed by atoms with van der Waals surface area (Å²) >= 11 is 1.40. The smallest absolute Gasteiger partial charge is 0.248 e. The fourth-order valence-corrected chi connectivity index (χ4v) is 2.23. The molecule has 0 radical (unpaired) electrons. The molecule has 4 nitrogen and oxygen atoms in total. The first-order valence-electron chi connectivity index (χ1n) is 6.37. The van der Waals surface area contributed by atoms with Gasteiger partial charge in [-0.15, -0.1) is 11.8 Å². The van der Waals surface area contributed by atoms with E-state index in [0.717, 1.165) is 5.56 Å². The van der Waals surface area contributed by atoms with Crippen LogP contribution in [-0.4, -0.2) is 17.6 Å². The number of thioether (sulfide) groups is 1. The Morgan fingerprint density at radius 3 is 2.35 bits per heavy atom. The lowest BCUT2D eigenvalue weighted by Crippen LogP contribution is -2.42. The minimum absolute atomic E-state index is 0.197. The van der Waals surface area contributed by atoms with Crippen molar-refractivity contribution in [1.82, 2.24) is 10.9 Å². The number of hydrazine groups is 1. The van der Waals surface area contributed by atoms with E-state index in [1.807, 2.05) is 13.8 Å². The highest BCUT2D eigenvalue weighted by Gasteiger charge is 2.06. The number of hydrogen-bond acceptors (Lipinski definition) is 3. The number of carbonyl (C=O) groups excluding carboxylic acids is 2. The molecule has 1 aromatic carbocycles. The third-order valence-corrected chi connectivity index (χ3v) is 3.35. The van der Waals surface area contributed by atoms with Gasteiger partial charge in [0.2, 0.25) is 11.8 Å². The molecule has 2 N–H and O–H groups in total. The Morgan fingerprint density at radius 1 is 1.15 bits per heavy atom. The third kappa shape index (κ3) is 7.13. The van der Waals surface area contributed by atoms with Gasteiger partial charge in [0.15, 0.2) is 0 Å². The van der Waals surface area contributed by atoms with Crippen molar-refractivity contribution in [3.05, 3.63) is 35.6 Å². The van der Waals surface area contributed by atoms with E-state index in [-0.39, 0.29) is 29.3 Å². The quantitative estimate of drug-likeness (QED) is 0.792. The molecule has 0 heterocycles. The molecule has 0 aromatic heterocycles. The van der Waals surface area contributed by atoms with Crippen LogP contribution in [0.15, 0.2) is 24.3 Å². The van der Waals surface area contributed by atoms with Crippen LogP contribution in [-0.2, 0) is 15.3 Å². The first kappa shape index (κ1) is 16.5. The van der Waals surface area contributed by atoms with Gasteiger partial charge in [0, 0.05) is 12.2 Å². The van der Waals surface area contributed by atoms with Crippen molar-refractivity contribution < 1.29 is 14.0 Å². The topological polar surface area (TPSA) is 58.2 Å². The standard InChI is InChI=1S/C14H19FN2O2S/c1-10(2)7-13(18)16-17-14(19)9-20-8-11-3-5-12(15)6-4-11/h3-6,10H,7-9H2,1-2H3,(H,16,18)(H,17,19). The Labute approximate surface area is 122 Å². The van der Waals surface area contributed by atoms with Gasteiger partial charge in [-0.05, 0) is 23.6 Å². The summed E-state index contributed by atoms with van der Waals surface area (Å²) in [4.78, 5) is 22.8. The minimum atomic E-state index is -0.274. The van der Waals surface area contributed by atoms with Crippen LogP contribution in [0.5, 0.6) is 0 Å². The normalized spacial score (nSPS) is 10.4. The molecule has 2 amide bonds. The van der Waals surface area contributed by atoms with Crippen molar-refractivity contribution in [1.29, 1.82) is 0 Å². The molecule has 0 aliphatic heterocycles. The number of rotatable bonds is 6. The Bertz CT molecular complexity index is 449. The Hall–Kier alpha value is -1.56. The summed E-state index contributed by atoms with van der Waals surface area (Å²) in [5.41, 5.74) is 5.68. The van der Waals surface area contributed by atoms with Crippen LogP contribution in [0.3, 0.4) is 0 Å². The maximum absolute atomic E-state index is 12.7. The van der Waals surface area contributed by atoms with Gasteiger partial charge >= 0.3 is 0 Å². The second-order valence-corrected chi connectivity index (χ2v) is 5.80. The SMILES string of the molecule is CC(C)CC(=O)NNC(=O)CSCc1ccc(F)cc1. The lowest BCUT2D eigenvalue weighted by atomic mass is 10.1. The summed E-state index contributed by atoms with van der Waals surface area (Å²) < 4.78 is 12.7. The van der Waals surface area contributed by atoms with Crippen molar-refractivity contribution in [2.45, 2.75) is 26.0 Å². The molecule has 0 unspecified atom stereocenters. The molecule has 110 valence electrons. The molecule has 0 spiro atoms. The highest BCUT2D eigenvalue weighted by molar-refractivity contribution is 7.99. The molecule has 20 heavy (non-hydrogen) atoms. The zero-order chi connectivity index (χ0) is 15.0. The number of hydrogen-bond donors (Lipinski definition) is 2. The van der Waals surface area contributed by atoms with Gasteiger partial charge in [0.1, 0.15) is 5.82 Å². The van der Waals surface area contributed by atoms with Crippen LogP contribution < -0.4 is 10.9 Å². The summed E-state index contributed by atoms with van der Waals surface area (Å²) in [6, 6.07) is 6.15. The molecule has 0 atom stereocenters. The molecule has 0 saturated carbocycles. The highest BCUT2D eigenvalue weighted by Crippen LogP contribution is 2.12. The summed E-state index contributed by atoms with van der Waals surface area (Å²) in [6.07, 6.45) is 0.378. The van der Waals surface area contributed by atoms with Crippen LogP contribution >= 0.6 is 11.8 Å². The van der Waals surface area contributed by atoms with Crippen LogP contribution in [0, 0.1) is 11.7 Å². The average Bonchev–Trinajstić information content (AvgIpc) is 2.38. The number of amides is 2. The second-order valence-electron chi connectivity index (χ2n) is 4.81. The number of carbonyl (C=O) groups is 2. The Morgan fingerprint density at radius 2 is 1.75 bits per heavy atom. The van der Waals surface area contributed by atoms with Crippen molar-refractivity contribution in [3.8, 4) is 0 Å². The number of halogens is 1. The van der Waals surface area contributed by atoms with E-state index < -0.39 is 0 Å². The molecule has 0 bridgehead atoms. The van der Waals surface area contributed by atoms with Gasteiger partial charge < -0.3 is 0 Å². The van der Waals surface area contributed by atoms with E-state index in [4.69, 9.17) is 0 Å². The van der Waals surface area contributed by atoms with E-state index >= 15 is 0 Å². The van der Waals surface area contributed by atoms with Crippen molar-refractivity contribution in [3.63, 3.8) is 0 Å². The van der Waals surface area contributed by atoms with E-state index in [1.165, 1.54) is 23.9 Å². The van der Waals surface area contributed by atoms with Crippen LogP contribution in [0.1, 0.15) is 25.8 Å². The fourth-order valence-electron chi connectivity index (χ4n) is 1.44. The predicted octanol–water partition coefficient (Wildman–Crippen LogP) is 2.25.